The van der Waals surface area contributed by atoms with E-state index in [2.05, 4.69) is 20.2 Å². The van der Waals surface area contributed by atoms with Gasteiger partial charge in [0.25, 0.3) is 5.91 Å². The number of piperidine rings is 1. The van der Waals surface area contributed by atoms with Gasteiger partial charge in [-0.25, -0.2) is 9.97 Å². The number of hydrogen-bond donors (Lipinski definition) is 1. The van der Waals surface area contributed by atoms with Crippen LogP contribution < -0.4 is 19.7 Å². The van der Waals surface area contributed by atoms with Gasteiger partial charge in [0, 0.05) is 37.0 Å². The van der Waals surface area contributed by atoms with Crippen molar-refractivity contribution in [3.8, 4) is 11.5 Å². The predicted molar refractivity (Wildman–Crippen MR) is 110 cm³/mol. The van der Waals surface area contributed by atoms with Gasteiger partial charge < -0.3 is 19.7 Å². The van der Waals surface area contributed by atoms with Gasteiger partial charge in [-0.15, -0.1) is 0 Å². The number of methoxy groups -OCH3 is 2. The zero-order valence-electron chi connectivity index (χ0n) is 15.8. The highest BCUT2D eigenvalue weighted by Gasteiger charge is 2.23. The van der Waals surface area contributed by atoms with Crippen LogP contribution in [-0.4, -0.2) is 49.2 Å². The Bertz CT molecular complexity index is 927. The van der Waals surface area contributed by atoms with E-state index < -0.39 is 0 Å². The number of anilines is 1. The molecule has 0 bridgehead atoms. The van der Waals surface area contributed by atoms with Crippen LogP contribution in [0, 0.1) is 0 Å². The molecular weight excluding hydrogens is 376 g/mol. The maximum atomic E-state index is 12.7. The molecule has 1 saturated heterocycles. The van der Waals surface area contributed by atoms with Crippen molar-refractivity contribution in [3.05, 3.63) is 42.1 Å². The summed E-state index contributed by atoms with van der Waals surface area (Å²) in [6, 6.07) is 9.22. The molecule has 0 radical (unpaired) electrons. The minimum Gasteiger partial charge on any atom is -0.497 e. The Balaban J connectivity index is 1.38. The number of amides is 1. The summed E-state index contributed by atoms with van der Waals surface area (Å²) in [5.74, 6) is 1.09. The number of thiazole rings is 1. The molecule has 0 unspecified atom stereocenters. The monoisotopic (exact) mass is 398 g/mol. The van der Waals surface area contributed by atoms with Gasteiger partial charge in [-0.1, -0.05) is 11.3 Å². The second-order valence-corrected chi connectivity index (χ2v) is 7.62. The van der Waals surface area contributed by atoms with Crippen LogP contribution in [0.3, 0.4) is 0 Å². The topological polar surface area (TPSA) is 76.6 Å². The van der Waals surface area contributed by atoms with E-state index in [1.165, 1.54) is 0 Å². The molecule has 0 aliphatic carbocycles. The minimum absolute atomic E-state index is 0.111. The molecular formula is C20H22N4O3S. The smallest absolute Gasteiger partial charge is 0.251 e. The van der Waals surface area contributed by atoms with Gasteiger partial charge in [-0.2, -0.15) is 0 Å². The first-order valence-electron chi connectivity index (χ1n) is 9.16. The molecule has 1 amide bonds. The molecule has 1 aromatic carbocycles. The van der Waals surface area contributed by atoms with Crippen LogP contribution in [-0.2, 0) is 0 Å². The first kappa shape index (κ1) is 18.5. The lowest BCUT2D eigenvalue weighted by atomic mass is 10.0. The van der Waals surface area contributed by atoms with E-state index in [1.807, 2.05) is 12.1 Å². The van der Waals surface area contributed by atoms with Crippen molar-refractivity contribution in [1.82, 2.24) is 15.3 Å². The summed E-state index contributed by atoms with van der Waals surface area (Å²) in [4.78, 5) is 24.9. The highest BCUT2D eigenvalue weighted by atomic mass is 32.1. The number of nitrogens with zero attached hydrogens (tertiary/aromatic N) is 3. The predicted octanol–water partition coefficient (Wildman–Crippen LogP) is 3.11. The number of carbonyl (C=O) groups is 1. The molecule has 1 N–H and O–H groups in total. The Kier molecular flexibility index (Phi) is 5.29. The number of carbonyl (C=O) groups excluding carboxylic acids is 1. The third-order valence-corrected chi connectivity index (χ3v) is 5.91. The van der Waals surface area contributed by atoms with E-state index in [-0.39, 0.29) is 11.9 Å². The largest absolute Gasteiger partial charge is 0.497 e. The van der Waals surface area contributed by atoms with Crippen LogP contribution in [0.1, 0.15) is 23.2 Å². The van der Waals surface area contributed by atoms with E-state index in [9.17, 15) is 4.79 Å². The van der Waals surface area contributed by atoms with Gasteiger partial charge >= 0.3 is 0 Å². The fourth-order valence-corrected chi connectivity index (χ4v) is 4.28. The maximum absolute atomic E-state index is 12.7. The van der Waals surface area contributed by atoms with Crippen LogP contribution in [0.4, 0.5) is 5.13 Å². The zero-order chi connectivity index (χ0) is 19.5. The number of hydrogen-bond acceptors (Lipinski definition) is 7. The zero-order valence-corrected chi connectivity index (χ0v) is 16.7. The molecule has 0 spiro atoms. The van der Waals surface area contributed by atoms with Gasteiger partial charge in [0.05, 0.1) is 14.2 Å². The summed E-state index contributed by atoms with van der Waals surface area (Å²) >= 11 is 1.61. The molecule has 0 saturated carbocycles. The lowest BCUT2D eigenvalue weighted by Gasteiger charge is -2.32. The molecule has 4 rings (SSSR count). The minimum atomic E-state index is -0.111. The molecule has 28 heavy (non-hydrogen) atoms. The highest BCUT2D eigenvalue weighted by molar-refractivity contribution is 7.21. The summed E-state index contributed by atoms with van der Waals surface area (Å²) in [7, 11) is 3.15. The quantitative estimate of drug-likeness (QED) is 0.712. The fourth-order valence-electron chi connectivity index (χ4n) is 3.32. The Morgan fingerprint density at radius 1 is 1.18 bits per heavy atom. The van der Waals surface area contributed by atoms with Crippen molar-refractivity contribution < 1.29 is 14.3 Å². The van der Waals surface area contributed by atoms with Gasteiger partial charge in [0.15, 0.2) is 5.13 Å². The van der Waals surface area contributed by atoms with Gasteiger partial charge in [0.1, 0.15) is 21.8 Å². The fraction of sp³-hybridized carbons (Fsp3) is 0.350. The van der Waals surface area contributed by atoms with E-state index >= 15 is 0 Å². The molecule has 2 aromatic heterocycles. The molecule has 7 nitrogen and oxygen atoms in total. The first-order valence-corrected chi connectivity index (χ1v) is 9.98. The number of benzene rings is 1. The van der Waals surface area contributed by atoms with Gasteiger partial charge in [0.2, 0.25) is 0 Å². The van der Waals surface area contributed by atoms with Crippen molar-refractivity contribution in [3.63, 3.8) is 0 Å². The van der Waals surface area contributed by atoms with Crippen LogP contribution in [0.5, 0.6) is 11.5 Å². The summed E-state index contributed by atoms with van der Waals surface area (Å²) < 4.78 is 10.5. The Labute approximate surface area is 167 Å². The highest BCUT2D eigenvalue weighted by Crippen LogP contribution is 2.29. The van der Waals surface area contributed by atoms with Crippen LogP contribution in [0.2, 0.25) is 0 Å². The van der Waals surface area contributed by atoms with Crippen molar-refractivity contribution >= 4 is 32.7 Å². The summed E-state index contributed by atoms with van der Waals surface area (Å²) in [6.45, 7) is 1.71. The molecule has 1 fully saturated rings. The standard InChI is InChI=1S/C20H22N4O3S/c1-26-15-10-13(11-16(12-15)27-2)18(25)22-14-5-8-24(9-6-14)20-23-17-4-3-7-21-19(17)28-20/h3-4,7,10-12,14H,5-6,8-9H2,1-2H3,(H,22,25). The molecule has 0 atom stereocenters. The summed E-state index contributed by atoms with van der Waals surface area (Å²) in [5.41, 5.74) is 1.47. The van der Waals surface area contributed by atoms with E-state index in [0.29, 0.717) is 17.1 Å². The van der Waals surface area contributed by atoms with E-state index in [4.69, 9.17) is 9.47 Å². The molecule has 8 heteroatoms. The number of pyridine rings is 1. The number of ether oxygens (including phenoxy) is 2. The molecule has 3 heterocycles. The number of aromatic nitrogens is 2. The third kappa shape index (κ3) is 3.87. The molecule has 146 valence electrons. The van der Waals surface area contributed by atoms with Crippen molar-refractivity contribution in [2.75, 3.05) is 32.2 Å². The number of fused-ring (bicyclic) bond motifs is 1. The average molecular weight is 398 g/mol. The van der Waals surface area contributed by atoms with E-state index in [1.54, 1.807) is 50.0 Å². The first-order chi connectivity index (χ1) is 13.7. The van der Waals surface area contributed by atoms with Crippen LogP contribution in [0.25, 0.3) is 10.3 Å². The number of rotatable bonds is 5. The molecule has 1 aliphatic rings. The normalized spacial score (nSPS) is 14.9. The van der Waals surface area contributed by atoms with Crippen LogP contribution in [0.15, 0.2) is 36.5 Å². The van der Waals surface area contributed by atoms with Crippen LogP contribution >= 0.6 is 11.3 Å². The Hall–Kier alpha value is -2.87. The lowest BCUT2D eigenvalue weighted by Crippen LogP contribution is -2.44. The van der Waals surface area contributed by atoms with Crippen molar-refractivity contribution in [2.45, 2.75) is 18.9 Å². The van der Waals surface area contributed by atoms with Gasteiger partial charge in [-0.05, 0) is 37.1 Å². The Morgan fingerprint density at radius 2 is 1.89 bits per heavy atom. The Morgan fingerprint density at radius 3 is 2.54 bits per heavy atom. The summed E-state index contributed by atoms with van der Waals surface area (Å²) in [5, 5.41) is 4.13. The second-order valence-electron chi connectivity index (χ2n) is 6.66. The SMILES string of the molecule is COc1cc(OC)cc(C(=O)NC2CCN(c3nc4cccnc4s3)CC2)c1. The number of nitrogens with one attached hydrogen (secondary N) is 1. The van der Waals surface area contributed by atoms with E-state index in [0.717, 1.165) is 41.4 Å². The maximum Gasteiger partial charge on any atom is 0.251 e. The molecule has 3 aromatic rings. The summed E-state index contributed by atoms with van der Waals surface area (Å²) in [6.07, 6.45) is 3.53. The second kappa shape index (κ2) is 8.02. The average Bonchev–Trinajstić information content (AvgIpc) is 3.18. The van der Waals surface area contributed by atoms with Crippen molar-refractivity contribution in [2.24, 2.45) is 0 Å². The van der Waals surface area contributed by atoms with Gasteiger partial charge in [-0.3, -0.25) is 4.79 Å². The van der Waals surface area contributed by atoms with Crippen molar-refractivity contribution in [1.29, 1.82) is 0 Å². The lowest BCUT2D eigenvalue weighted by molar-refractivity contribution is 0.0930. The third-order valence-electron chi connectivity index (χ3n) is 4.87. The molecule has 1 aliphatic heterocycles.